The summed E-state index contributed by atoms with van der Waals surface area (Å²) in [5, 5.41) is 13.3. The zero-order valence-corrected chi connectivity index (χ0v) is 23.0. The highest BCUT2D eigenvalue weighted by atomic mass is 79.9. The van der Waals surface area contributed by atoms with Crippen LogP contribution in [0.25, 0.3) is 0 Å². The third kappa shape index (κ3) is 4.62. The van der Waals surface area contributed by atoms with Crippen molar-refractivity contribution in [2.45, 2.75) is 11.4 Å². The lowest BCUT2D eigenvalue weighted by molar-refractivity contribution is -0.385. The normalized spacial score (nSPS) is 20.9. The molecular formula is C23H23Br2ClN4O3S. The van der Waals surface area contributed by atoms with E-state index in [1.165, 1.54) is 12.1 Å². The number of piperazine rings is 1. The van der Waals surface area contributed by atoms with Crippen LogP contribution in [0.3, 0.4) is 0 Å². The van der Waals surface area contributed by atoms with Crippen LogP contribution in [0.5, 0.6) is 0 Å². The summed E-state index contributed by atoms with van der Waals surface area (Å²) < 4.78 is 16.8. The van der Waals surface area contributed by atoms with Gasteiger partial charge in [-0.25, -0.2) is 8.51 Å². The van der Waals surface area contributed by atoms with Crippen molar-refractivity contribution in [1.82, 2.24) is 9.21 Å². The lowest BCUT2D eigenvalue weighted by Gasteiger charge is -2.36. The van der Waals surface area contributed by atoms with Gasteiger partial charge in [-0.15, -0.1) is 6.42 Å². The Kier molecular flexibility index (Phi) is 7.92. The Bertz CT molecular complexity index is 1280. The molecule has 7 nitrogen and oxygen atoms in total. The van der Waals surface area contributed by atoms with E-state index in [2.05, 4.69) is 42.7 Å². The number of fused-ring (bicyclic) bond motifs is 1. The lowest BCUT2D eigenvalue weighted by Crippen LogP contribution is -2.50. The number of anilines is 1. The predicted octanol–water partition coefficient (Wildman–Crippen LogP) is 4.35. The minimum absolute atomic E-state index is 0.145. The van der Waals surface area contributed by atoms with E-state index < -0.39 is 14.6 Å². The number of nitro benzene ring substituents is 1. The average Bonchev–Trinajstić information content (AvgIpc) is 3.07. The number of hydrogen-bond acceptors (Lipinski definition) is 5. The van der Waals surface area contributed by atoms with Crippen LogP contribution in [-0.4, -0.2) is 66.7 Å². The molecule has 0 spiro atoms. The van der Waals surface area contributed by atoms with Crippen molar-refractivity contribution in [2.24, 2.45) is 0 Å². The Labute approximate surface area is 221 Å². The number of nitrogens with zero attached hydrogens (tertiary/aromatic N) is 4. The van der Waals surface area contributed by atoms with Crippen LogP contribution in [0.2, 0.25) is 5.02 Å². The van der Waals surface area contributed by atoms with Gasteiger partial charge >= 0.3 is 0 Å². The molecule has 1 fully saturated rings. The van der Waals surface area contributed by atoms with Crippen LogP contribution < -0.4 is 4.90 Å². The molecule has 34 heavy (non-hydrogen) atoms. The van der Waals surface area contributed by atoms with Gasteiger partial charge in [-0.2, -0.15) is 0 Å². The van der Waals surface area contributed by atoms with E-state index in [-0.39, 0.29) is 5.69 Å². The van der Waals surface area contributed by atoms with Crippen molar-refractivity contribution in [3.63, 3.8) is 0 Å². The molecule has 2 aliphatic heterocycles. The molecule has 0 amide bonds. The molecule has 0 aromatic heterocycles. The number of halogens is 3. The van der Waals surface area contributed by atoms with Crippen LogP contribution in [-0.2, 0) is 16.3 Å². The number of nitro groups is 1. The number of non-ortho nitro benzene ring substituents is 1. The lowest BCUT2D eigenvalue weighted by atomic mass is 10.1. The minimum Gasteiger partial charge on any atom is -0.333 e. The van der Waals surface area contributed by atoms with Crippen LogP contribution in [0.15, 0.2) is 41.3 Å². The van der Waals surface area contributed by atoms with Crippen molar-refractivity contribution in [2.75, 3.05) is 48.3 Å². The number of alkyl halides is 2. The third-order valence-electron chi connectivity index (χ3n) is 6.03. The molecule has 0 saturated carbocycles. The van der Waals surface area contributed by atoms with E-state index in [1.54, 1.807) is 0 Å². The van der Waals surface area contributed by atoms with Gasteiger partial charge in [0.1, 0.15) is 4.99 Å². The molecular weight excluding hydrogens is 608 g/mol. The van der Waals surface area contributed by atoms with Gasteiger partial charge in [0.25, 0.3) is 5.69 Å². The highest BCUT2D eigenvalue weighted by molar-refractivity contribution is 9.09. The maximum atomic E-state index is 14.8. The Morgan fingerprint density at radius 1 is 1.18 bits per heavy atom. The van der Waals surface area contributed by atoms with Crippen molar-refractivity contribution >= 4 is 69.5 Å². The number of hydrogen-bond donors (Lipinski definition) is 0. The standard InChI is InChI=1S/C23H23Br2ClN4O3S/c1-2-18-13-20(30(31)32)14-21-23(18)29(7-6-24)22(15-25)34(21,33)28-10-8-27(9-11-28)16-17-4-3-5-19(26)12-17/h1,3-5,12-14H,6-11,15-16H2. The fraction of sp³-hybridized carbons (Fsp3) is 0.348. The predicted molar refractivity (Wildman–Crippen MR) is 146 cm³/mol. The highest BCUT2D eigenvalue weighted by Crippen LogP contribution is 2.42. The average molecular weight is 631 g/mol. The minimum atomic E-state index is -2.91. The SMILES string of the molecule is C#Cc1cc([N+](=O)[O-])cc2c1N(CCBr)C(CBr)=S2(=O)N1CCN(Cc2cccc(Cl)c2)CC1. The fourth-order valence-corrected chi connectivity index (χ4v) is 9.19. The first-order valence-corrected chi connectivity index (χ1v) is 14.8. The highest BCUT2D eigenvalue weighted by Gasteiger charge is 2.41. The topological polar surface area (TPSA) is 69.9 Å². The van der Waals surface area contributed by atoms with Crippen LogP contribution in [0.4, 0.5) is 11.4 Å². The van der Waals surface area contributed by atoms with Gasteiger partial charge in [-0.1, -0.05) is 61.5 Å². The summed E-state index contributed by atoms with van der Waals surface area (Å²) in [6.07, 6.45) is 5.75. The van der Waals surface area contributed by atoms with E-state index in [9.17, 15) is 14.3 Å². The van der Waals surface area contributed by atoms with Crippen molar-refractivity contribution in [3.05, 3.63) is 62.7 Å². The molecule has 1 atom stereocenters. The molecule has 2 aliphatic rings. The molecule has 0 aliphatic carbocycles. The van der Waals surface area contributed by atoms with Gasteiger partial charge in [-0.05, 0) is 17.7 Å². The zero-order chi connectivity index (χ0) is 24.5. The number of terminal acetylenes is 1. The Morgan fingerprint density at radius 3 is 2.50 bits per heavy atom. The maximum absolute atomic E-state index is 14.8. The smallest absolute Gasteiger partial charge is 0.272 e. The molecule has 1 unspecified atom stereocenters. The second-order valence-corrected chi connectivity index (χ2v) is 12.2. The summed E-state index contributed by atoms with van der Waals surface area (Å²) in [6, 6.07) is 10.6. The largest absolute Gasteiger partial charge is 0.333 e. The van der Waals surface area contributed by atoms with E-state index in [0.717, 1.165) is 12.1 Å². The van der Waals surface area contributed by atoms with Crippen molar-refractivity contribution in [3.8, 4) is 12.3 Å². The van der Waals surface area contributed by atoms with Crippen LogP contribution in [0.1, 0.15) is 11.1 Å². The first kappa shape index (κ1) is 25.5. The monoisotopic (exact) mass is 628 g/mol. The fourth-order valence-electron chi connectivity index (χ4n) is 4.49. The van der Waals surface area contributed by atoms with Gasteiger partial charge in [0.2, 0.25) is 0 Å². The molecule has 2 aromatic rings. The maximum Gasteiger partial charge on any atom is 0.272 e. The Morgan fingerprint density at radius 2 is 1.91 bits per heavy atom. The second-order valence-electron chi connectivity index (χ2n) is 7.97. The van der Waals surface area contributed by atoms with Gasteiger partial charge < -0.3 is 4.90 Å². The quantitative estimate of drug-likeness (QED) is 0.150. The Hall–Kier alpha value is -1.61. The Balaban J connectivity index is 1.71. The van der Waals surface area contributed by atoms with Gasteiger partial charge in [0.15, 0.2) is 0 Å². The van der Waals surface area contributed by atoms with E-state index >= 15 is 0 Å². The molecule has 2 aromatic carbocycles. The molecule has 0 bridgehead atoms. The summed E-state index contributed by atoms with van der Waals surface area (Å²) in [5.41, 5.74) is 2.00. The second kappa shape index (κ2) is 10.6. The number of benzene rings is 2. The summed E-state index contributed by atoms with van der Waals surface area (Å²) in [5.74, 6) is 2.58. The zero-order valence-electron chi connectivity index (χ0n) is 18.3. The molecule has 11 heteroatoms. The van der Waals surface area contributed by atoms with E-state index in [1.807, 2.05) is 33.5 Å². The van der Waals surface area contributed by atoms with E-state index in [0.29, 0.717) is 69.5 Å². The molecule has 1 saturated heterocycles. The summed E-state index contributed by atoms with van der Waals surface area (Å²) in [6.45, 7) is 3.85. The first-order valence-electron chi connectivity index (χ1n) is 10.6. The van der Waals surface area contributed by atoms with Crippen LogP contribution >= 0.6 is 43.5 Å². The van der Waals surface area contributed by atoms with E-state index in [4.69, 9.17) is 18.0 Å². The van der Waals surface area contributed by atoms with Crippen molar-refractivity contribution < 1.29 is 9.13 Å². The van der Waals surface area contributed by atoms with Gasteiger partial charge in [-0.3, -0.25) is 15.0 Å². The summed E-state index contributed by atoms with van der Waals surface area (Å²) in [7, 11) is -2.91. The molecule has 2 heterocycles. The van der Waals surface area contributed by atoms with Crippen LogP contribution in [0, 0.1) is 22.5 Å². The molecule has 180 valence electrons. The first-order chi connectivity index (χ1) is 16.3. The third-order valence-corrected chi connectivity index (χ3v) is 10.5. The van der Waals surface area contributed by atoms with Gasteiger partial charge in [0.05, 0.1) is 36.1 Å². The summed E-state index contributed by atoms with van der Waals surface area (Å²) in [4.78, 5) is 16.5. The van der Waals surface area contributed by atoms with Gasteiger partial charge in [0, 0.05) is 61.8 Å². The molecule has 0 N–H and O–H groups in total. The molecule has 4 rings (SSSR count). The number of rotatable bonds is 7. The molecule has 0 radical (unpaired) electrons. The summed E-state index contributed by atoms with van der Waals surface area (Å²) >= 11 is 13.1. The van der Waals surface area contributed by atoms with Crippen molar-refractivity contribution in [1.29, 1.82) is 0 Å².